The van der Waals surface area contributed by atoms with E-state index in [-0.39, 0.29) is 12.1 Å². The zero-order valence-electron chi connectivity index (χ0n) is 13.2. The first-order valence-corrected chi connectivity index (χ1v) is 7.23. The van der Waals surface area contributed by atoms with Crippen LogP contribution in [0.15, 0.2) is 40.9 Å². The molecule has 0 fully saturated rings. The molecule has 0 bridgehead atoms. The lowest BCUT2D eigenvalue weighted by Crippen LogP contribution is -2.43. The summed E-state index contributed by atoms with van der Waals surface area (Å²) >= 11 is 0. The number of aromatic nitrogens is 1. The van der Waals surface area contributed by atoms with Crippen molar-refractivity contribution >= 4 is 11.8 Å². The van der Waals surface area contributed by atoms with Gasteiger partial charge < -0.3 is 14.7 Å². The second-order valence-electron chi connectivity index (χ2n) is 5.46. The van der Waals surface area contributed by atoms with E-state index in [1.54, 1.807) is 13.0 Å². The fraction of sp³-hybridized carbons (Fsp3) is 0.375. The summed E-state index contributed by atoms with van der Waals surface area (Å²) in [5.41, 5.74) is 1.25. The largest absolute Gasteiger partial charge is 0.360 e. The molecule has 2 rings (SSSR count). The Bertz CT molecular complexity index is 595. The van der Waals surface area contributed by atoms with Gasteiger partial charge in [0.25, 0.3) is 0 Å². The average molecular weight is 302 g/mol. The number of benzene rings is 1. The molecular weight excluding hydrogens is 280 g/mol. The van der Waals surface area contributed by atoms with Gasteiger partial charge in [-0.15, -0.1) is 0 Å². The van der Waals surface area contributed by atoms with Crippen LogP contribution in [0, 0.1) is 6.92 Å². The second-order valence-corrected chi connectivity index (χ2v) is 5.46. The van der Waals surface area contributed by atoms with Crippen molar-refractivity contribution in [2.45, 2.75) is 19.4 Å². The molecule has 0 spiro atoms. The Hall–Kier alpha value is -2.34. The van der Waals surface area contributed by atoms with Gasteiger partial charge in [0.15, 0.2) is 5.82 Å². The van der Waals surface area contributed by atoms with E-state index in [1.807, 2.05) is 32.3 Å². The molecule has 1 aromatic heterocycles. The Morgan fingerprint density at radius 1 is 1.32 bits per heavy atom. The second kappa shape index (κ2) is 7.61. The van der Waals surface area contributed by atoms with Crippen LogP contribution in [0.5, 0.6) is 0 Å². The summed E-state index contributed by atoms with van der Waals surface area (Å²) < 4.78 is 4.91. The molecule has 1 heterocycles. The van der Waals surface area contributed by atoms with E-state index in [4.69, 9.17) is 4.52 Å². The fourth-order valence-corrected chi connectivity index (χ4v) is 2.12. The zero-order valence-corrected chi connectivity index (χ0v) is 13.2. The average Bonchev–Trinajstić information content (AvgIpc) is 2.89. The number of amides is 2. The molecule has 0 aliphatic carbocycles. The lowest BCUT2D eigenvalue weighted by Gasteiger charge is -2.24. The van der Waals surface area contributed by atoms with E-state index in [2.05, 4.69) is 32.8 Å². The van der Waals surface area contributed by atoms with Crippen molar-refractivity contribution in [1.29, 1.82) is 0 Å². The van der Waals surface area contributed by atoms with Gasteiger partial charge in [-0.1, -0.05) is 35.5 Å². The molecule has 1 atom stereocenters. The van der Waals surface area contributed by atoms with Crippen LogP contribution in [-0.4, -0.2) is 42.8 Å². The van der Waals surface area contributed by atoms with Gasteiger partial charge in [-0.05, 0) is 33.0 Å². The minimum absolute atomic E-state index is 0.215. The van der Waals surface area contributed by atoms with Crippen molar-refractivity contribution < 1.29 is 9.32 Å². The molecule has 0 saturated carbocycles. The molecule has 0 aliphatic rings. The summed E-state index contributed by atoms with van der Waals surface area (Å²) in [6.45, 7) is 2.32. The minimum atomic E-state index is -0.284. The summed E-state index contributed by atoms with van der Waals surface area (Å²) in [6, 6.07) is 11.8. The molecule has 22 heavy (non-hydrogen) atoms. The standard InChI is InChI=1S/C16H22N4O2/c1-12-9-15(19-22-12)18-16(21)17-11-14(20(2)3)10-13-7-5-4-6-8-13/h4-9,14H,10-11H2,1-3H3,(H2,17,18,19,21)/t14-/m0/s1. The van der Waals surface area contributed by atoms with Gasteiger partial charge in [0.05, 0.1) is 0 Å². The van der Waals surface area contributed by atoms with E-state index in [0.29, 0.717) is 18.1 Å². The zero-order chi connectivity index (χ0) is 15.9. The van der Waals surface area contributed by atoms with Crippen molar-refractivity contribution in [2.75, 3.05) is 26.0 Å². The maximum absolute atomic E-state index is 11.9. The number of hydrogen-bond donors (Lipinski definition) is 2. The molecule has 0 aliphatic heterocycles. The number of carbonyl (C=O) groups excluding carboxylic acids is 1. The first-order valence-electron chi connectivity index (χ1n) is 7.23. The highest BCUT2D eigenvalue weighted by Gasteiger charge is 2.14. The van der Waals surface area contributed by atoms with Gasteiger partial charge in [0.2, 0.25) is 0 Å². The number of rotatable bonds is 6. The van der Waals surface area contributed by atoms with E-state index in [0.717, 1.165) is 6.42 Å². The van der Waals surface area contributed by atoms with Crippen LogP contribution in [0.3, 0.4) is 0 Å². The Balaban J connectivity index is 1.84. The summed E-state index contributed by atoms with van der Waals surface area (Å²) in [6.07, 6.45) is 0.872. The summed E-state index contributed by atoms with van der Waals surface area (Å²) in [5.74, 6) is 1.07. The van der Waals surface area contributed by atoms with Crippen molar-refractivity contribution in [3.05, 3.63) is 47.7 Å². The number of aryl methyl sites for hydroxylation is 1. The maximum atomic E-state index is 11.9. The van der Waals surface area contributed by atoms with Crippen LogP contribution in [0.1, 0.15) is 11.3 Å². The maximum Gasteiger partial charge on any atom is 0.320 e. The minimum Gasteiger partial charge on any atom is -0.360 e. The Labute approximate surface area is 130 Å². The van der Waals surface area contributed by atoms with Gasteiger partial charge >= 0.3 is 6.03 Å². The molecule has 2 aromatic rings. The summed E-state index contributed by atoms with van der Waals surface area (Å²) in [7, 11) is 4.02. The molecule has 6 nitrogen and oxygen atoms in total. The molecule has 0 unspecified atom stereocenters. The van der Waals surface area contributed by atoms with Crippen LogP contribution >= 0.6 is 0 Å². The Kier molecular flexibility index (Phi) is 5.55. The molecule has 6 heteroatoms. The number of nitrogens with one attached hydrogen (secondary N) is 2. The SMILES string of the molecule is Cc1cc(NC(=O)NC[C@H](Cc2ccccc2)N(C)C)no1. The molecule has 118 valence electrons. The molecule has 2 N–H and O–H groups in total. The fourth-order valence-electron chi connectivity index (χ4n) is 2.12. The number of nitrogens with zero attached hydrogens (tertiary/aromatic N) is 2. The van der Waals surface area contributed by atoms with E-state index in [9.17, 15) is 4.79 Å². The Morgan fingerprint density at radius 2 is 2.05 bits per heavy atom. The van der Waals surface area contributed by atoms with Gasteiger partial charge in [-0.3, -0.25) is 5.32 Å². The predicted molar refractivity (Wildman–Crippen MR) is 85.9 cm³/mol. The lowest BCUT2D eigenvalue weighted by atomic mass is 10.1. The first kappa shape index (κ1) is 16.0. The Morgan fingerprint density at radius 3 is 2.64 bits per heavy atom. The van der Waals surface area contributed by atoms with Crippen LogP contribution < -0.4 is 10.6 Å². The molecular formula is C16H22N4O2. The van der Waals surface area contributed by atoms with Crippen LogP contribution in [0.2, 0.25) is 0 Å². The highest BCUT2D eigenvalue weighted by atomic mass is 16.5. The normalized spacial score (nSPS) is 12.2. The van der Waals surface area contributed by atoms with Crippen molar-refractivity contribution in [2.24, 2.45) is 0 Å². The number of anilines is 1. The monoisotopic (exact) mass is 302 g/mol. The van der Waals surface area contributed by atoms with Gasteiger partial charge in [-0.25, -0.2) is 4.79 Å². The molecule has 1 aromatic carbocycles. The summed E-state index contributed by atoms with van der Waals surface area (Å²) in [4.78, 5) is 14.0. The molecule has 0 saturated heterocycles. The topological polar surface area (TPSA) is 70.4 Å². The highest BCUT2D eigenvalue weighted by molar-refractivity contribution is 5.88. The molecule has 2 amide bonds. The predicted octanol–water partition coefficient (Wildman–Crippen LogP) is 2.28. The van der Waals surface area contributed by atoms with Gasteiger partial charge in [0.1, 0.15) is 5.76 Å². The van der Waals surface area contributed by atoms with Gasteiger partial charge in [0, 0.05) is 18.7 Å². The highest BCUT2D eigenvalue weighted by Crippen LogP contribution is 2.08. The van der Waals surface area contributed by atoms with Crippen LogP contribution in [-0.2, 0) is 6.42 Å². The number of carbonyl (C=O) groups is 1. The van der Waals surface area contributed by atoms with Crippen molar-refractivity contribution in [3.63, 3.8) is 0 Å². The number of hydrogen-bond acceptors (Lipinski definition) is 4. The first-order chi connectivity index (χ1) is 10.5. The number of likely N-dealkylation sites (N-methyl/N-ethyl adjacent to an activating group) is 1. The van der Waals surface area contributed by atoms with Gasteiger partial charge in [-0.2, -0.15) is 0 Å². The quantitative estimate of drug-likeness (QED) is 0.859. The third-order valence-electron chi connectivity index (χ3n) is 3.41. The van der Waals surface area contributed by atoms with E-state index in [1.165, 1.54) is 5.56 Å². The number of urea groups is 1. The third-order valence-corrected chi connectivity index (χ3v) is 3.41. The summed E-state index contributed by atoms with van der Waals surface area (Å²) in [5, 5.41) is 9.24. The smallest absolute Gasteiger partial charge is 0.320 e. The third kappa shape index (κ3) is 4.89. The van der Waals surface area contributed by atoms with E-state index >= 15 is 0 Å². The van der Waals surface area contributed by atoms with Crippen molar-refractivity contribution in [1.82, 2.24) is 15.4 Å². The lowest BCUT2D eigenvalue weighted by molar-refractivity contribution is 0.242. The van der Waals surface area contributed by atoms with Crippen LogP contribution in [0.25, 0.3) is 0 Å². The van der Waals surface area contributed by atoms with E-state index < -0.39 is 0 Å². The molecule has 0 radical (unpaired) electrons. The van der Waals surface area contributed by atoms with Crippen LogP contribution in [0.4, 0.5) is 10.6 Å². The van der Waals surface area contributed by atoms with Crippen molar-refractivity contribution in [3.8, 4) is 0 Å².